The number of hydrogen-bond donors (Lipinski definition) is 0. The van der Waals surface area contributed by atoms with Gasteiger partial charge in [0.25, 0.3) is 0 Å². The molecule has 0 saturated heterocycles. The number of ether oxygens (including phenoxy) is 2. The van der Waals surface area contributed by atoms with Gasteiger partial charge in [-0.25, -0.2) is 9.78 Å². The fourth-order valence-electron chi connectivity index (χ4n) is 1.34. The molecule has 1 aliphatic heterocycles. The predicted molar refractivity (Wildman–Crippen MR) is 55.4 cm³/mol. The molecule has 0 amide bonds. The third kappa shape index (κ3) is 1.77. The van der Waals surface area contributed by atoms with E-state index in [0.717, 1.165) is 0 Å². The molecule has 1 aromatic rings. The molecule has 0 spiro atoms. The lowest BCUT2D eigenvalue weighted by atomic mass is 10.3. The summed E-state index contributed by atoms with van der Waals surface area (Å²) in [4.78, 5) is 15.6. The number of nitrogens with zero attached hydrogens (tertiary/aromatic N) is 2. The zero-order valence-corrected chi connectivity index (χ0v) is 9.60. The second-order valence-electron chi connectivity index (χ2n) is 2.88. The summed E-state index contributed by atoms with van der Waals surface area (Å²) < 4.78 is 12.4. The van der Waals surface area contributed by atoms with Gasteiger partial charge in [-0.05, 0) is 28.9 Å². The first-order valence-electron chi connectivity index (χ1n) is 4.46. The second-order valence-corrected chi connectivity index (χ2v) is 3.69. The summed E-state index contributed by atoms with van der Waals surface area (Å²) in [7, 11) is 0. The van der Waals surface area contributed by atoms with Gasteiger partial charge in [-0.1, -0.05) is 0 Å². The van der Waals surface area contributed by atoms with Crippen LogP contribution >= 0.6 is 15.9 Å². The normalized spacial score (nSPS) is 18.1. The third-order valence-corrected chi connectivity index (χ3v) is 2.55. The lowest BCUT2D eigenvalue weighted by molar-refractivity contribution is -0.145. The van der Waals surface area contributed by atoms with Crippen LogP contribution in [0.3, 0.4) is 0 Å². The van der Waals surface area contributed by atoms with Gasteiger partial charge in [-0.2, -0.15) is 0 Å². The van der Waals surface area contributed by atoms with Crippen molar-refractivity contribution in [3.8, 4) is 6.01 Å². The van der Waals surface area contributed by atoms with Crippen molar-refractivity contribution >= 4 is 21.9 Å². The summed E-state index contributed by atoms with van der Waals surface area (Å²) in [6.45, 7) is 2.12. The van der Waals surface area contributed by atoms with Crippen molar-refractivity contribution < 1.29 is 14.3 Å². The fraction of sp³-hybridized carbons (Fsp3) is 0.333. The molecule has 0 saturated carbocycles. The first-order valence-corrected chi connectivity index (χ1v) is 5.26. The van der Waals surface area contributed by atoms with E-state index in [2.05, 4.69) is 20.9 Å². The Balaban J connectivity index is 2.33. The van der Waals surface area contributed by atoms with E-state index >= 15 is 0 Å². The number of fused-ring (bicyclic) bond motifs is 1. The first kappa shape index (κ1) is 10.2. The second kappa shape index (κ2) is 4.06. The number of esters is 1. The Morgan fingerprint density at radius 2 is 2.60 bits per heavy atom. The predicted octanol–water partition coefficient (Wildman–Crippen LogP) is 1.66. The number of rotatable bonds is 2. The smallest absolute Gasteiger partial charge is 0.333 e. The van der Waals surface area contributed by atoms with Crippen molar-refractivity contribution in [3.05, 3.63) is 23.1 Å². The molecule has 6 heteroatoms. The Kier molecular flexibility index (Phi) is 2.77. The van der Waals surface area contributed by atoms with Gasteiger partial charge < -0.3 is 9.47 Å². The highest BCUT2D eigenvalue weighted by Crippen LogP contribution is 2.29. The van der Waals surface area contributed by atoms with Crippen molar-refractivity contribution in [1.82, 2.24) is 9.55 Å². The molecule has 0 aromatic carbocycles. The van der Waals surface area contributed by atoms with E-state index in [9.17, 15) is 4.79 Å². The topological polar surface area (TPSA) is 53.4 Å². The summed E-state index contributed by atoms with van der Waals surface area (Å²) in [6, 6.07) is -0.131. The van der Waals surface area contributed by atoms with Crippen molar-refractivity contribution in [1.29, 1.82) is 0 Å². The average molecular weight is 273 g/mol. The quantitative estimate of drug-likeness (QED) is 0.769. The van der Waals surface area contributed by atoms with E-state index in [1.165, 1.54) is 6.26 Å². The van der Waals surface area contributed by atoms with Crippen molar-refractivity contribution in [2.24, 2.45) is 0 Å². The van der Waals surface area contributed by atoms with Crippen LogP contribution in [0.15, 0.2) is 23.1 Å². The standard InChI is InChI=1S/C9H9BrN2O3/c1-2-14-8(13)6-3-4-15-9-11-5-7(10)12(6)9/h3-6H,2H2,1H3. The summed E-state index contributed by atoms with van der Waals surface area (Å²) in [6.07, 6.45) is 4.64. The molecule has 1 atom stereocenters. The number of halogens is 1. The Labute approximate surface area is 94.8 Å². The highest BCUT2D eigenvalue weighted by atomic mass is 79.9. The van der Waals surface area contributed by atoms with Crippen LogP contribution in [0.1, 0.15) is 13.0 Å². The lowest BCUT2D eigenvalue weighted by Crippen LogP contribution is -2.23. The van der Waals surface area contributed by atoms with Gasteiger partial charge in [0.1, 0.15) is 4.60 Å². The van der Waals surface area contributed by atoms with E-state index in [0.29, 0.717) is 17.2 Å². The number of aromatic nitrogens is 2. The zero-order chi connectivity index (χ0) is 10.8. The van der Waals surface area contributed by atoms with Gasteiger partial charge in [-0.3, -0.25) is 4.57 Å². The van der Waals surface area contributed by atoms with Crippen LogP contribution in [-0.4, -0.2) is 22.1 Å². The van der Waals surface area contributed by atoms with Gasteiger partial charge in [0.05, 0.1) is 19.1 Å². The van der Waals surface area contributed by atoms with Crippen LogP contribution < -0.4 is 4.74 Å². The van der Waals surface area contributed by atoms with Crippen LogP contribution in [0.2, 0.25) is 0 Å². The molecule has 0 N–H and O–H groups in total. The van der Waals surface area contributed by atoms with Crippen molar-refractivity contribution in [2.75, 3.05) is 6.61 Å². The Morgan fingerprint density at radius 1 is 1.80 bits per heavy atom. The maximum atomic E-state index is 11.6. The van der Waals surface area contributed by atoms with E-state index in [-0.39, 0.29) is 5.97 Å². The summed E-state index contributed by atoms with van der Waals surface area (Å²) in [5.74, 6) is -0.322. The minimum absolute atomic E-state index is 0.322. The lowest BCUT2D eigenvalue weighted by Gasteiger charge is -2.19. The molecular formula is C9H9BrN2O3. The van der Waals surface area contributed by atoms with E-state index in [4.69, 9.17) is 9.47 Å². The minimum Gasteiger partial charge on any atom is -0.464 e. The van der Waals surface area contributed by atoms with Crippen molar-refractivity contribution in [3.63, 3.8) is 0 Å². The molecule has 0 fully saturated rings. The fourth-order valence-corrected chi connectivity index (χ4v) is 1.81. The first-order chi connectivity index (χ1) is 7.24. The van der Waals surface area contributed by atoms with Crippen molar-refractivity contribution in [2.45, 2.75) is 13.0 Å². The molecule has 0 bridgehead atoms. The van der Waals surface area contributed by atoms with Gasteiger partial charge in [0, 0.05) is 0 Å². The molecule has 80 valence electrons. The van der Waals surface area contributed by atoms with Crippen LogP contribution in [0.25, 0.3) is 0 Å². The molecule has 0 radical (unpaired) electrons. The largest absolute Gasteiger partial charge is 0.464 e. The Morgan fingerprint density at radius 3 is 3.33 bits per heavy atom. The maximum absolute atomic E-state index is 11.6. The summed E-state index contributed by atoms with van der Waals surface area (Å²) >= 11 is 3.29. The van der Waals surface area contributed by atoms with Gasteiger partial charge in [-0.15, -0.1) is 0 Å². The number of carbonyl (C=O) groups excluding carboxylic acids is 1. The molecule has 0 aliphatic carbocycles. The Bertz CT molecular complexity index is 413. The monoisotopic (exact) mass is 272 g/mol. The van der Waals surface area contributed by atoms with Gasteiger partial charge >= 0.3 is 12.0 Å². The number of hydrogen-bond acceptors (Lipinski definition) is 4. The molecular weight excluding hydrogens is 264 g/mol. The zero-order valence-electron chi connectivity index (χ0n) is 8.01. The van der Waals surface area contributed by atoms with Gasteiger partial charge in [0.15, 0.2) is 6.04 Å². The molecule has 1 unspecified atom stereocenters. The van der Waals surface area contributed by atoms with Gasteiger partial charge in [0.2, 0.25) is 0 Å². The van der Waals surface area contributed by atoms with E-state index in [1.807, 2.05) is 0 Å². The minimum atomic E-state index is -0.509. The van der Waals surface area contributed by atoms with Crippen LogP contribution in [-0.2, 0) is 9.53 Å². The van der Waals surface area contributed by atoms with E-state index in [1.54, 1.807) is 23.8 Å². The molecule has 5 nitrogen and oxygen atoms in total. The van der Waals surface area contributed by atoms with Crippen LogP contribution in [0, 0.1) is 0 Å². The highest BCUT2D eigenvalue weighted by Gasteiger charge is 2.27. The average Bonchev–Trinajstić information content (AvgIpc) is 2.61. The van der Waals surface area contributed by atoms with Crippen LogP contribution in [0.4, 0.5) is 0 Å². The third-order valence-electron chi connectivity index (χ3n) is 1.96. The Hall–Kier alpha value is -1.30. The highest BCUT2D eigenvalue weighted by molar-refractivity contribution is 9.10. The molecule has 2 heterocycles. The molecule has 1 aliphatic rings. The number of carbonyl (C=O) groups is 1. The number of imidazole rings is 1. The van der Waals surface area contributed by atoms with Crippen LogP contribution in [0.5, 0.6) is 6.01 Å². The molecule has 2 rings (SSSR count). The summed E-state index contributed by atoms with van der Waals surface area (Å²) in [5, 5.41) is 0. The van der Waals surface area contributed by atoms with E-state index < -0.39 is 6.04 Å². The maximum Gasteiger partial charge on any atom is 0.333 e. The summed E-state index contributed by atoms with van der Waals surface area (Å²) in [5.41, 5.74) is 0. The SMILES string of the molecule is CCOC(=O)C1C=COc2ncc(Br)n21. The molecule has 15 heavy (non-hydrogen) atoms. The molecule has 1 aromatic heterocycles.